The summed E-state index contributed by atoms with van der Waals surface area (Å²) in [6.45, 7) is 2.38. The molecule has 68 valence electrons. The van der Waals surface area contributed by atoms with E-state index in [1.165, 1.54) is 19.3 Å². The van der Waals surface area contributed by atoms with Crippen molar-refractivity contribution < 1.29 is 9.53 Å². The van der Waals surface area contributed by atoms with Gasteiger partial charge in [-0.25, -0.2) is 0 Å². The number of ether oxygens (including phenoxy) is 1. The lowest BCUT2D eigenvalue weighted by Gasteiger charge is -2.68. The fourth-order valence-corrected chi connectivity index (χ4v) is 4.99. The van der Waals surface area contributed by atoms with E-state index in [4.69, 9.17) is 4.74 Å². The predicted molar refractivity (Wildman–Crippen MR) is 54.3 cm³/mol. The molecule has 3 aliphatic carbocycles. The van der Waals surface area contributed by atoms with Crippen LogP contribution in [0.1, 0.15) is 32.6 Å². The van der Waals surface area contributed by atoms with Crippen LogP contribution in [0.3, 0.4) is 0 Å². The van der Waals surface area contributed by atoms with Crippen LogP contribution in [0.2, 0.25) is 0 Å². The largest absolute Gasteiger partial charge is 0.466 e. The Morgan fingerprint density at radius 3 is 2.50 bits per heavy atom. The monoisotopic (exact) mass is 280 g/mol. The van der Waals surface area contributed by atoms with Gasteiger partial charge in [-0.3, -0.25) is 4.79 Å². The minimum Gasteiger partial charge on any atom is -0.466 e. The third-order valence-electron chi connectivity index (χ3n) is 2.90. The van der Waals surface area contributed by atoms with Crippen LogP contribution in [-0.4, -0.2) is 16.0 Å². The summed E-state index contributed by atoms with van der Waals surface area (Å²) >= 11 is 2.52. The zero-order valence-electron chi connectivity index (χ0n) is 7.23. The van der Waals surface area contributed by atoms with Crippen LogP contribution >= 0.6 is 22.6 Å². The van der Waals surface area contributed by atoms with Crippen LogP contribution < -0.4 is 0 Å². The van der Waals surface area contributed by atoms with Gasteiger partial charge in [0.15, 0.2) is 0 Å². The topological polar surface area (TPSA) is 26.3 Å². The number of carbonyl (C=O) groups excluding carboxylic acids is 1. The van der Waals surface area contributed by atoms with Gasteiger partial charge in [0.05, 0.1) is 13.0 Å². The second kappa shape index (κ2) is 2.59. The van der Waals surface area contributed by atoms with Crippen LogP contribution in [0.5, 0.6) is 0 Å². The fourth-order valence-electron chi connectivity index (χ4n) is 2.57. The first-order valence-electron chi connectivity index (χ1n) is 4.42. The van der Waals surface area contributed by atoms with E-state index < -0.39 is 0 Å². The second-order valence-electron chi connectivity index (χ2n) is 4.16. The quantitative estimate of drug-likeness (QED) is 0.450. The highest BCUT2D eigenvalue weighted by Crippen LogP contribution is 2.73. The molecule has 12 heavy (non-hydrogen) atoms. The molecule has 3 heteroatoms. The SMILES string of the molecule is CCOC(=O)CC12CC(I)(C1)C2. The minimum atomic E-state index is -0.00403. The van der Waals surface area contributed by atoms with E-state index in [0.29, 0.717) is 21.9 Å². The molecule has 0 aromatic carbocycles. The number of esters is 1. The molecule has 2 nitrogen and oxygen atoms in total. The smallest absolute Gasteiger partial charge is 0.306 e. The molecule has 0 atom stereocenters. The van der Waals surface area contributed by atoms with Crippen LogP contribution in [0.4, 0.5) is 0 Å². The van der Waals surface area contributed by atoms with Gasteiger partial charge in [0.1, 0.15) is 0 Å². The molecule has 0 aromatic heterocycles. The fraction of sp³-hybridized carbons (Fsp3) is 0.889. The zero-order valence-corrected chi connectivity index (χ0v) is 9.39. The van der Waals surface area contributed by atoms with Crippen molar-refractivity contribution in [1.82, 2.24) is 0 Å². The van der Waals surface area contributed by atoms with Gasteiger partial charge in [0.2, 0.25) is 0 Å². The van der Waals surface area contributed by atoms with E-state index >= 15 is 0 Å². The predicted octanol–water partition coefficient (Wildman–Crippen LogP) is 2.30. The molecular weight excluding hydrogens is 267 g/mol. The van der Waals surface area contributed by atoms with Crippen molar-refractivity contribution in [3.8, 4) is 0 Å². The van der Waals surface area contributed by atoms with Gasteiger partial charge in [0, 0.05) is 3.42 Å². The van der Waals surface area contributed by atoms with Gasteiger partial charge in [-0.1, -0.05) is 22.6 Å². The molecule has 3 rings (SSSR count). The lowest BCUT2D eigenvalue weighted by Crippen LogP contribution is -2.63. The molecule has 2 bridgehead atoms. The summed E-state index contributed by atoms with van der Waals surface area (Å²) in [6, 6.07) is 0. The molecule has 0 heterocycles. The van der Waals surface area contributed by atoms with Gasteiger partial charge in [-0.2, -0.15) is 0 Å². The van der Waals surface area contributed by atoms with Gasteiger partial charge in [-0.05, 0) is 31.6 Å². The van der Waals surface area contributed by atoms with Crippen molar-refractivity contribution in [3.63, 3.8) is 0 Å². The highest BCUT2D eigenvalue weighted by Gasteiger charge is 2.66. The Morgan fingerprint density at radius 2 is 2.08 bits per heavy atom. The van der Waals surface area contributed by atoms with Crippen molar-refractivity contribution in [1.29, 1.82) is 0 Å². The summed E-state index contributed by atoms with van der Waals surface area (Å²) in [7, 11) is 0. The Hall–Kier alpha value is 0.200. The zero-order chi connectivity index (χ0) is 8.82. The molecule has 0 amide bonds. The van der Waals surface area contributed by atoms with E-state index in [1.54, 1.807) is 0 Å². The molecule has 0 aliphatic heterocycles. The Kier molecular flexibility index (Phi) is 1.90. The van der Waals surface area contributed by atoms with E-state index in [9.17, 15) is 4.79 Å². The maximum absolute atomic E-state index is 11.2. The molecule has 3 saturated carbocycles. The van der Waals surface area contributed by atoms with Crippen LogP contribution in [0, 0.1) is 5.41 Å². The van der Waals surface area contributed by atoms with Gasteiger partial charge in [0.25, 0.3) is 0 Å². The molecule has 0 aromatic rings. The molecular formula is C9H13IO2. The Morgan fingerprint density at radius 1 is 1.50 bits per heavy atom. The second-order valence-corrected chi connectivity index (χ2v) is 6.45. The maximum atomic E-state index is 11.2. The first-order valence-corrected chi connectivity index (χ1v) is 5.50. The van der Waals surface area contributed by atoms with Gasteiger partial charge < -0.3 is 4.74 Å². The standard InChI is InChI=1S/C9H13IO2/c1-2-12-7(11)3-8-4-9(10,5-8)6-8/h2-6H2,1H3. The number of hydrogen-bond acceptors (Lipinski definition) is 2. The van der Waals surface area contributed by atoms with Crippen molar-refractivity contribution in [3.05, 3.63) is 0 Å². The first kappa shape index (κ1) is 8.78. The third-order valence-corrected chi connectivity index (χ3v) is 4.04. The van der Waals surface area contributed by atoms with E-state index in [1.807, 2.05) is 6.92 Å². The Balaban J connectivity index is 1.79. The number of halogens is 1. The summed E-state index contributed by atoms with van der Waals surface area (Å²) in [5, 5.41) is 0. The summed E-state index contributed by atoms with van der Waals surface area (Å²) in [6.07, 6.45) is 4.36. The maximum Gasteiger partial charge on any atom is 0.306 e. The molecule has 0 radical (unpaired) electrons. The summed E-state index contributed by atoms with van der Waals surface area (Å²) < 4.78 is 5.50. The van der Waals surface area contributed by atoms with Gasteiger partial charge >= 0.3 is 5.97 Å². The average molecular weight is 280 g/mol. The summed E-state index contributed by atoms with van der Waals surface area (Å²) in [5.74, 6) is -0.00403. The van der Waals surface area contributed by atoms with Crippen molar-refractivity contribution in [2.75, 3.05) is 6.61 Å². The summed E-state index contributed by atoms with van der Waals surface area (Å²) in [4.78, 5) is 11.2. The number of rotatable bonds is 3. The molecule has 3 aliphatic rings. The molecule has 0 unspecified atom stereocenters. The minimum absolute atomic E-state index is 0.00403. The Labute approximate surface area is 86.2 Å². The van der Waals surface area contributed by atoms with E-state index in [0.717, 1.165) is 0 Å². The van der Waals surface area contributed by atoms with Gasteiger partial charge in [-0.15, -0.1) is 0 Å². The normalized spacial score (nSPS) is 42.8. The molecule has 0 spiro atoms. The molecule has 0 N–H and O–H groups in total. The van der Waals surface area contributed by atoms with Crippen molar-refractivity contribution >= 4 is 28.6 Å². The summed E-state index contributed by atoms with van der Waals surface area (Å²) in [5.41, 5.74) is 0.368. The van der Waals surface area contributed by atoms with Crippen molar-refractivity contribution in [2.24, 2.45) is 5.41 Å². The molecule has 3 fully saturated rings. The third kappa shape index (κ3) is 1.26. The van der Waals surface area contributed by atoms with Crippen LogP contribution in [0.15, 0.2) is 0 Å². The van der Waals surface area contributed by atoms with Crippen LogP contribution in [0.25, 0.3) is 0 Å². The molecule has 0 saturated heterocycles. The lowest BCUT2D eigenvalue weighted by atomic mass is 9.43. The Bertz CT molecular complexity index is 205. The lowest BCUT2D eigenvalue weighted by molar-refractivity contribution is -0.156. The van der Waals surface area contributed by atoms with E-state index in [2.05, 4.69) is 22.6 Å². The van der Waals surface area contributed by atoms with Crippen LogP contribution in [-0.2, 0) is 9.53 Å². The van der Waals surface area contributed by atoms with Crippen molar-refractivity contribution in [2.45, 2.75) is 36.0 Å². The highest BCUT2D eigenvalue weighted by atomic mass is 127. The average Bonchev–Trinajstić information content (AvgIpc) is 1.82. The van der Waals surface area contributed by atoms with E-state index in [-0.39, 0.29) is 5.97 Å². The number of carbonyl (C=O) groups is 1. The first-order chi connectivity index (χ1) is 5.58. The number of hydrogen-bond donors (Lipinski definition) is 0. The number of alkyl halides is 1. The highest BCUT2D eigenvalue weighted by molar-refractivity contribution is 14.1.